The van der Waals surface area contributed by atoms with Crippen LogP contribution in [0.4, 0.5) is 0 Å². The van der Waals surface area contributed by atoms with E-state index in [0.29, 0.717) is 13.0 Å². The van der Waals surface area contributed by atoms with Crippen LogP contribution in [0.5, 0.6) is 0 Å². The van der Waals surface area contributed by atoms with Gasteiger partial charge in [-0.15, -0.1) is 11.3 Å². The van der Waals surface area contributed by atoms with Crippen molar-refractivity contribution in [3.63, 3.8) is 0 Å². The van der Waals surface area contributed by atoms with Crippen LogP contribution in [0.15, 0.2) is 24.3 Å². The smallest absolute Gasteiger partial charge is 0.239 e. The molecule has 0 fully saturated rings. The van der Waals surface area contributed by atoms with Crippen molar-refractivity contribution in [1.29, 1.82) is 0 Å². The van der Waals surface area contributed by atoms with Crippen LogP contribution in [-0.4, -0.2) is 36.4 Å². The third-order valence-corrected chi connectivity index (χ3v) is 3.73. The molecule has 0 atom stereocenters. The second kappa shape index (κ2) is 6.97. The average molecular weight is 292 g/mol. The minimum absolute atomic E-state index is 0.0458. The van der Waals surface area contributed by atoms with Gasteiger partial charge in [-0.1, -0.05) is 12.1 Å². The number of nitrogens with one attached hydrogen (secondary N) is 2. The van der Waals surface area contributed by atoms with E-state index in [1.54, 1.807) is 11.3 Å². The fourth-order valence-electron chi connectivity index (χ4n) is 1.65. The maximum atomic E-state index is 11.4. The molecular formula is C13H16N4O2S. The minimum atomic E-state index is -0.341. The van der Waals surface area contributed by atoms with Crippen LogP contribution in [0.2, 0.25) is 0 Å². The Morgan fingerprint density at radius 3 is 2.75 bits per heavy atom. The molecule has 0 aliphatic rings. The van der Waals surface area contributed by atoms with Crippen molar-refractivity contribution in [2.75, 3.05) is 19.6 Å². The van der Waals surface area contributed by atoms with Crippen LogP contribution < -0.4 is 16.4 Å². The van der Waals surface area contributed by atoms with Crippen molar-refractivity contribution in [3.05, 3.63) is 29.3 Å². The summed E-state index contributed by atoms with van der Waals surface area (Å²) in [6.07, 6.45) is 0.677. The molecule has 4 N–H and O–H groups in total. The van der Waals surface area contributed by atoms with Crippen LogP contribution in [-0.2, 0) is 16.0 Å². The standard InChI is InChI=1S/C13H16N4O2S/c14-7-11(18)16-8-12(19)15-6-5-13-17-9-3-1-2-4-10(9)20-13/h1-4H,5-8,14H2,(H,15,19)(H,16,18). The summed E-state index contributed by atoms with van der Waals surface area (Å²) >= 11 is 1.62. The predicted molar refractivity (Wildman–Crippen MR) is 78.4 cm³/mol. The number of fused-ring (bicyclic) bond motifs is 1. The number of hydrogen-bond donors (Lipinski definition) is 3. The molecule has 2 amide bonds. The van der Waals surface area contributed by atoms with E-state index >= 15 is 0 Å². The quantitative estimate of drug-likeness (QED) is 0.699. The lowest BCUT2D eigenvalue weighted by Gasteiger charge is -2.04. The normalized spacial score (nSPS) is 10.4. The molecule has 1 aromatic carbocycles. The van der Waals surface area contributed by atoms with Crippen molar-refractivity contribution in [2.24, 2.45) is 5.73 Å². The van der Waals surface area contributed by atoms with E-state index < -0.39 is 0 Å². The highest BCUT2D eigenvalue weighted by atomic mass is 32.1. The number of rotatable bonds is 6. The number of thiazole rings is 1. The molecule has 7 heteroatoms. The zero-order valence-corrected chi connectivity index (χ0v) is 11.7. The molecule has 0 spiro atoms. The number of para-hydroxylation sites is 1. The first-order valence-corrected chi connectivity index (χ1v) is 7.08. The summed E-state index contributed by atoms with van der Waals surface area (Å²) in [4.78, 5) is 26.8. The van der Waals surface area contributed by atoms with Crippen molar-refractivity contribution in [3.8, 4) is 0 Å². The monoisotopic (exact) mass is 292 g/mol. The highest BCUT2D eigenvalue weighted by molar-refractivity contribution is 7.18. The van der Waals surface area contributed by atoms with Gasteiger partial charge in [0.1, 0.15) is 0 Å². The van der Waals surface area contributed by atoms with Gasteiger partial charge in [0.2, 0.25) is 11.8 Å². The molecule has 2 aromatic rings. The molecule has 6 nitrogen and oxygen atoms in total. The van der Waals surface area contributed by atoms with Gasteiger partial charge in [-0.2, -0.15) is 0 Å². The van der Waals surface area contributed by atoms with Crippen molar-refractivity contribution >= 4 is 33.4 Å². The van der Waals surface area contributed by atoms with E-state index in [4.69, 9.17) is 5.73 Å². The minimum Gasteiger partial charge on any atom is -0.354 e. The predicted octanol–water partition coefficient (Wildman–Crippen LogP) is 0.0299. The van der Waals surface area contributed by atoms with E-state index in [-0.39, 0.29) is 24.9 Å². The van der Waals surface area contributed by atoms with E-state index in [2.05, 4.69) is 15.6 Å². The lowest BCUT2D eigenvalue weighted by Crippen LogP contribution is -2.40. The SMILES string of the molecule is NCC(=O)NCC(=O)NCCc1nc2ccccc2s1. The number of aromatic nitrogens is 1. The molecule has 0 saturated carbocycles. The molecule has 0 saturated heterocycles. The molecule has 0 bridgehead atoms. The first kappa shape index (κ1) is 14.4. The third-order valence-electron chi connectivity index (χ3n) is 2.63. The number of nitrogens with two attached hydrogens (primary N) is 1. The van der Waals surface area contributed by atoms with Crippen LogP contribution in [0.3, 0.4) is 0 Å². The first-order valence-electron chi connectivity index (χ1n) is 6.27. The summed E-state index contributed by atoms with van der Waals surface area (Å²) in [6.45, 7) is 0.339. The first-order chi connectivity index (χ1) is 9.69. The summed E-state index contributed by atoms with van der Waals surface area (Å²) in [5.41, 5.74) is 6.10. The molecule has 2 rings (SSSR count). The zero-order valence-electron chi connectivity index (χ0n) is 10.9. The van der Waals surface area contributed by atoms with Crippen molar-refractivity contribution < 1.29 is 9.59 Å². The topological polar surface area (TPSA) is 97.1 Å². The highest BCUT2D eigenvalue weighted by Crippen LogP contribution is 2.21. The zero-order chi connectivity index (χ0) is 14.4. The number of carbonyl (C=O) groups is 2. The Labute approximate surface area is 120 Å². The van der Waals surface area contributed by atoms with Gasteiger partial charge in [-0.3, -0.25) is 9.59 Å². The van der Waals surface area contributed by atoms with Gasteiger partial charge in [0, 0.05) is 13.0 Å². The fraction of sp³-hybridized carbons (Fsp3) is 0.308. The molecular weight excluding hydrogens is 276 g/mol. The van der Waals surface area contributed by atoms with Gasteiger partial charge < -0.3 is 16.4 Å². The van der Waals surface area contributed by atoms with Crippen molar-refractivity contribution in [2.45, 2.75) is 6.42 Å². The Hall–Kier alpha value is -1.99. The third kappa shape index (κ3) is 4.01. The maximum absolute atomic E-state index is 11.4. The van der Waals surface area contributed by atoms with E-state index in [0.717, 1.165) is 15.2 Å². The number of nitrogens with zero attached hydrogens (tertiary/aromatic N) is 1. The molecule has 20 heavy (non-hydrogen) atoms. The summed E-state index contributed by atoms with van der Waals surface area (Å²) in [7, 11) is 0. The Morgan fingerprint density at radius 1 is 1.20 bits per heavy atom. The Morgan fingerprint density at radius 2 is 2.00 bits per heavy atom. The fourth-order valence-corrected chi connectivity index (χ4v) is 2.62. The Balaban J connectivity index is 1.75. The average Bonchev–Trinajstić information content (AvgIpc) is 2.87. The Bertz CT molecular complexity index is 578. The highest BCUT2D eigenvalue weighted by Gasteiger charge is 2.05. The molecule has 0 aliphatic heterocycles. The second-order valence-electron chi connectivity index (χ2n) is 4.16. The molecule has 1 heterocycles. The van der Waals surface area contributed by atoms with Gasteiger partial charge in [-0.25, -0.2) is 4.98 Å². The number of hydrogen-bond acceptors (Lipinski definition) is 5. The molecule has 1 aromatic heterocycles. The van der Waals surface area contributed by atoms with E-state index in [1.807, 2.05) is 24.3 Å². The van der Waals surface area contributed by atoms with Crippen LogP contribution >= 0.6 is 11.3 Å². The van der Waals surface area contributed by atoms with E-state index in [1.165, 1.54) is 0 Å². The molecule has 106 valence electrons. The lowest BCUT2D eigenvalue weighted by molar-refractivity contribution is -0.125. The maximum Gasteiger partial charge on any atom is 0.239 e. The van der Waals surface area contributed by atoms with E-state index in [9.17, 15) is 9.59 Å². The number of benzene rings is 1. The summed E-state index contributed by atoms with van der Waals surface area (Å²) in [5, 5.41) is 6.12. The van der Waals surface area contributed by atoms with Crippen LogP contribution in [0, 0.1) is 0 Å². The number of amides is 2. The second-order valence-corrected chi connectivity index (χ2v) is 5.27. The van der Waals surface area contributed by atoms with Gasteiger partial charge in [0.15, 0.2) is 0 Å². The van der Waals surface area contributed by atoms with Gasteiger partial charge in [-0.05, 0) is 12.1 Å². The van der Waals surface area contributed by atoms with Gasteiger partial charge >= 0.3 is 0 Å². The molecule has 0 radical (unpaired) electrons. The van der Waals surface area contributed by atoms with Crippen molar-refractivity contribution in [1.82, 2.24) is 15.6 Å². The summed E-state index contributed by atoms with van der Waals surface area (Å²) in [6, 6.07) is 7.92. The van der Waals surface area contributed by atoms with Crippen LogP contribution in [0.25, 0.3) is 10.2 Å². The van der Waals surface area contributed by atoms with Crippen LogP contribution in [0.1, 0.15) is 5.01 Å². The number of carbonyl (C=O) groups excluding carboxylic acids is 2. The summed E-state index contributed by atoms with van der Waals surface area (Å²) < 4.78 is 1.14. The Kier molecular flexibility index (Phi) is 5.03. The molecule has 0 aliphatic carbocycles. The largest absolute Gasteiger partial charge is 0.354 e. The van der Waals surface area contributed by atoms with Gasteiger partial charge in [0.05, 0.1) is 28.3 Å². The lowest BCUT2D eigenvalue weighted by atomic mass is 10.3. The van der Waals surface area contributed by atoms with Gasteiger partial charge in [0.25, 0.3) is 0 Å². The summed E-state index contributed by atoms with van der Waals surface area (Å²) in [5.74, 6) is -0.570. The molecule has 0 unspecified atom stereocenters.